The third-order valence-electron chi connectivity index (χ3n) is 10.4. The minimum absolute atomic E-state index is 0. The molecule has 0 aromatic heterocycles. The quantitative estimate of drug-likeness (QED) is 0.0335. The average molecular weight is 751 g/mol. The summed E-state index contributed by atoms with van der Waals surface area (Å²) in [6.07, 6.45) is 57.2. The summed E-state index contributed by atoms with van der Waals surface area (Å²) in [5.41, 5.74) is 0. The zero-order valence-corrected chi connectivity index (χ0v) is 34.7. The Kier molecular flexibility index (Phi) is 43.3. The van der Waals surface area contributed by atoms with Crippen molar-refractivity contribution in [3.05, 3.63) is 0 Å². The van der Waals surface area contributed by atoms with Crippen LogP contribution in [0, 0.1) is 0 Å². The normalized spacial score (nSPS) is 11.7. The smallest absolute Gasteiger partial charge is 0.0594 e. The lowest BCUT2D eigenvalue weighted by Gasteiger charge is -2.28. The van der Waals surface area contributed by atoms with Crippen molar-refractivity contribution in [3.8, 4) is 0 Å². The van der Waals surface area contributed by atoms with Crippen molar-refractivity contribution < 1.29 is 24.0 Å². The standard InChI is InChI=1S/C42H88P.HI/c1-5-9-13-17-21-22-23-24-25-26-27-28-29-30-34-38-42-43(39-35-31-18-14-10-6-2,40-36-32-19-15-11-7-3)41-37-33-20-16-12-8-4;/h5-42H2,1-4H3;1H/q+1;/p-1. The van der Waals surface area contributed by atoms with E-state index in [1.165, 1.54) is 193 Å². The molecular formula is C42H88IP. The third-order valence-corrected chi connectivity index (χ3v) is 15.5. The van der Waals surface area contributed by atoms with Crippen molar-refractivity contribution >= 4 is 7.26 Å². The summed E-state index contributed by atoms with van der Waals surface area (Å²) in [5, 5.41) is 0. The molecule has 0 saturated heterocycles. The Balaban J connectivity index is 0. The third kappa shape index (κ3) is 34.5. The molecule has 0 fully saturated rings. The molecule has 0 aromatic rings. The molecule has 0 amide bonds. The van der Waals surface area contributed by atoms with Crippen LogP contribution in [0.5, 0.6) is 0 Å². The molecular weight excluding hydrogens is 662 g/mol. The minimum Gasteiger partial charge on any atom is -1.00 e. The molecule has 2 heteroatoms. The van der Waals surface area contributed by atoms with Gasteiger partial charge in [0.2, 0.25) is 0 Å². The van der Waals surface area contributed by atoms with Crippen LogP contribution in [0.3, 0.4) is 0 Å². The monoisotopic (exact) mass is 751 g/mol. The van der Waals surface area contributed by atoms with Gasteiger partial charge in [0.15, 0.2) is 0 Å². The highest BCUT2D eigenvalue weighted by Crippen LogP contribution is 2.61. The van der Waals surface area contributed by atoms with Crippen molar-refractivity contribution in [2.75, 3.05) is 24.6 Å². The second-order valence-corrected chi connectivity index (χ2v) is 19.3. The van der Waals surface area contributed by atoms with Crippen LogP contribution in [-0.2, 0) is 0 Å². The van der Waals surface area contributed by atoms with Crippen LogP contribution < -0.4 is 24.0 Å². The van der Waals surface area contributed by atoms with Gasteiger partial charge in [0.05, 0.1) is 24.6 Å². The molecule has 0 spiro atoms. The lowest BCUT2D eigenvalue weighted by Crippen LogP contribution is -3.00. The van der Waals surface area contributed by atoms with Gasteiger partial charge < -0.3 is 24.0 Å². The van der Waals surface area contributed by atoms with E-state index in [-0.39, 0.29) is 24.0 Å². The summed E-state index contributed by atoms with van der Waals surface area (Å²) >= 11 is 0. The highest BCUT2D eigenvalue weighted by atomic mass is 127. The van der Waals surface area contributed by atoms with Crippen LogP contribution in [0.2, 0.25) is 0 Å². The molecule has 0 heterocycles. The van der Waals surface area contributed by atoms with Crippen LogP contribution in [-0.4, -0.2) is 24.6 Å². The summed E-state index contributed by atoms with van der Waals surface area (Å²) in [6.45, 7) is 9.39. The Bertz CT molecular complexity index is 451. The van der Waals surface area contributed by atoms with Gasteiger partial charge in [-0.2, -0.15) is 0 Å². The Labute approximate surface area is 300 Å². The summed E-state index contributed by atoms with van der Waals surface area (Å²) < 4.78 is 0. The summed E-state index contributed by atoms with van der Waals surface area (Å²) in [7, 11) is -0.751. The number of halogens is 1. The van der Waals surface area contributed by atoms with E-state index in [0.29, 0.717) is 0 Å². The fourth-order valence-corrected chi connectivity index (χ4v) is 12.3. The van der Waals surface area contributed by atoms with Gasteiger partial charge in [-0.05, 0) is 51.4 Å². The van der Waals surface area contributed by atoms with Gasteiger partial charge in [0.25, 0.3) is 0 Å². The molecule has 268 valence electrons. The van der Waals surface area contributed by atoms with Gasteiger partial charge in [-0.15, -0.1) is 0 Å². The molecule has 0 unspecified atom stereocenters. The summed E-state index contributed by atoms with van der Waals surface area (Å²) in [4.78, 5) is 0. The van der Waals surface area contributed by atoms with Gasteiger partial charge in [0.1, 0.15) is 0 Å². The largest absolute Gasteiger partial charge is 1.00 e. The lowest BCUT2D eigenvalue weighted by molar-refractivity contribution is -0.00000974. The van der Waals surface area contributed by atoms with E-state index in [2.05, 4.69) is 27.7 Å². The average Bonchev–Trinajstić information content (AvgIpc) is 3.02. The zero-order chi connectivity index (χ0) is 31.4. The Morgan fingerprint density at radius 1 is 0.205 bits per heavy atom. The molecule has 0 rings (SSSR count). The second-order valence-electron chi connectivity index (χ2n) is 14.8. The van der Waals surface area contributed by atoms with Gasteiger partial charge in [-0.25, -0.2) is 0 Å². The van der Waals surface area contributed by atoms with E-state index in [0.717, 1.165) is 0 Å². The van der Waals surface area contributed by atoms with Crippen molar-refractivity contribution in [3.63, 3.8) is 0 Å². The number of rotatable bonds is 38. The number of hydrogen-bond donors (Lipinski definition) is 0. The molecule has 0 atom stereocenters. The maximum atomic E-state index is 2.36. The van der Waals surface area contributed by atoms with E-state index in [9.17, 15) is 0 Å². The maximum absolute atomic E-state index is 2.36. The Morgan fingerprint density at radius 3 is 0.500 bits per heavy atom. The van der Waals surface area contributed by atoms with E-state index in [4.69, 9.17) is 0 Å². The Morgan fingerprint density at radius 2 is 0.341 bits per heavy atom. The zero-order valence-electron chi connectivity index (χ0n) is 31.7. The minimum atomic E-state index is -0.751. The number of hydrogen-bond acceptors (Lipinski definition) is 0. The predicted molar refractivity (Wildman–Crippen MR) is 206 cm³/mol. The number of unbranched alkanes of at least 4 members (excludes halogenated alkanes) is 30. The topological polar surface area (TPSA) is 0 Å². The van der Waals surface area contributed by atoms with Crippen molar-refractivity contribution in [1.82, 2.24) is 0 Å². The predicted octanol–water partition coefficient (Wildman–Crippen LogP) is 13.4. The molecule has 0 aliphatic carbocycles. The van der Waals surface area contributed by atoms with E-state index in [1.807, 2.05) is 0 Å². The molecule has 0 aliphatic rings. The first-order valence-corrected chi connectivity index (χ1v) is 23.6. The molecule has 0 bridgehead atoms. The van der Waals surface area contributed by atoms with E-state index < -0.39 is 7.26 Å². The molecule has 0 nitrogen and oxygen atoms in total. The van der Waals surface area contributed by atoms with Crippen LogP contribution in [0.25, 0.3) is 0 Å². The fourth-order valence-electron chi connectivity index (χ4n) is 7.35. The molecule has 0 N–H and O–H groups in total. The van der Waals surface area contributed by atoms with Gasteiger partial charge in [0, 0.05) is 7.26 Å². The molecule has 44 heavy (non-hydrogen) atoms. The van der Waals surface area contributed by atoms with Crippen molar-refractivity contribution in [1.29, 1.82) is 0 Å². The van der Waals surface area contributed by atoms with Gasteiger partial charge in [-0.3, -0.25) is 0 Å². The summed E-state index contributed by atoms with van der Waals surface area (Å²) in [5.74, 6) is 0. The Hall–Kier alpha value is 1.16. The maximum Gasteiger partial charge on any atom is 0.0594 e. The van der Waals surface area contributed by atoms with Gasteiger partial charge >= 0.3 is 0 Å². The van der Waals surface area contributed by atoms with Gasteiger partial charge in [-0.1, -0.05) is 195 Å². The lowest BCUT2D eigenvalue weighted by atomic mass is 10.0. The summed E-state index contributed by atoms with van der Waals surface area (Å²) in [6, 6.07) is 0. The highest BCUT2D eigenvalue weighted by molar-refractivity contribution is 7.75. The van der Waals surface area contributed by atoms with Crippen molar-refractivity contribution in [2.45, 2.75) is 246 Å². The highest BCUT2D eigenvalue weighted by Gasteiger charge is 2.35. The van der Waals surface area contributed by atoms with Crippen molar-refractivity contribution in [2.24, 2.45) is 0 Å². The molecule has 0 aliphatic heterocycles. The molecule has 0 radical (unpaired) electrons. The SMILES string of the molecule is CCCCCCCCCCCCCCCCCC[P+](CCCCCCCC)(CCCCCCCC)CCCCCCCC.[I-]. The van der Waals surface area contributed by atoms with Crippen LogP contribution >= 0.6 is 7.26 Å². The van der Waals surface area contributed by atoms with Crippen LogP contribution in [0.15, 0.2) is 0 Å². The first-order chi connectivity index (χ1) is 21.2. The van der Waals surface area contributed by atoms with Crippen LogP contribution in [0.1, 0.15) is 246 Å². The first-order valence-electron chi connectivity index (χ1n) is 21.1. The van der Waals surface area contributed by atoms with E-state index in [1.54, 1.807) is 50.3 Å². The molecule has 0 saturated carbocycles. The molecule has 0 aromatic carbocycles. The fraction of sp³-hybridized carbons (Fsp3) is 1.00. The van der Waals surface area contributed by atoms with E-state index >= 15 is 0 Å². The first kappa shape index (κ1) is 47.3. The van der Waals surface area contributed by atoms with Crippen LogP contribution in [0.4, 0.5) is 0 Å². The second kappa shape index (κ2) is 40.3.